The van der Waals surface area contributed by atoms with Crippen LogP contribution in [-0.4, -0.2) is 54.3 Å². The lowest BCUT2D eigenvalue weighted by atomic mass is 10.1. The predicted octanol–water partition coefficient (Wildman–Crippen LogP) is 2.39. The third-order valence-electron chi connectivity index (χ3n) is 5.46. The number of hydrogen-bond donors (Lipinski definition) is 1. The van der Waals surface area contributed by atoms with E-state index in [2.05, 4.69) is 15.5 Å². The Morgan fingerprint density at radius 2 is 2.00 bits per heavy atom. The van der Waals surface area contributed by atoms with Crippen LogP contribution in [0.15, 0.2) is 24.3 Å². The Hall–Kier alpha value is -2.68. The van der Waals surface area contributed by atoms with Gasteiger partial charge in [-0.25, -0.2) is 0 Å². The number of nitrogens with one attached hydrogen (secondary N) is 1. The Kier molecular flexibility index (Phi) is 6.47. The van der Waals surface area contributed by atoms with Crippen LogP contribution in [0.4, 0.5) is 10.3 Å². The second kappa shape index (κ2) is 9.42. The van der Waals surface area contributed by atoms with Crippen molar-refractivity contribution in [3.05, 3.63) is 29.8 Å². The minimum absolute atomic E-state index is 0.0208. The molecule has 1 N–H and O–H groups in total. The second-order valence-corrected chi connectivity index (χ2v) is 8.42. The van der Waals surface area contributed by atoms with Gasteiger partial charge < -0.3 is 15.0 Å². The zero-order valence-corrected chi connectivity index (χ0v) is 18.0. The first-order valence-electron chi connectivity index (χ1n) is 10.6. The van der Waals surface area contributed by atoms with Gasteiger partial charge in [0, 0.05) is 26.1 Å². The summed E-state index contributed by atoms with van der Waals surface area (Å²) in [5.74, 6) is 0.981. The molecule has 1 atom stereocenters. The van der Waals surface area contributed by atoms with Gasteiger partial charge in [0.2, 0.25) is 22.1 Å². The number of carbonyl (C=O) groups is 2. The molecule has 0 radical (unpaired) electrons. The van der Waals surface area contributed by atoms with Crippen molar-refractivity contribution in [3.8, 4) is 5.75 Å². The van der Waals surface area contributed by atoms with Crippen LogP contribution in [0.1, 0.15) is 38.2 Å². The number of benzene rings is 1. The number of hydrogen-bond acceptors (Lipinski definition) is 7. The smallest absolute Gasteiger partial charge is 0.242 e. The molecule has 2 fully saturated rings. The molecule has 4 rings (SSSR count). The van der Waals surface area contributed by atoms with Gasteiger partial charge in [0.1, 0.15) is 11.8 Å². The van der Waals surface area contributed by atoms with Crippen LogP contribution in [0.5, 0.6) is 5.75 Å². The molecule has 2 aliphatic rings. The summed E-state index contributed by atoms with van der Waals surface area (Å²) in [4.78, 5) is 28.5. The lowest BCUT2D eigenvalue weighted by molar-refractivity contribution is -0.122. The zero-order chi connectivity index (χ0) is 20.9. The van der Waals surface area contributed by atoms with E-state index in [0.29, 0.717) is 36.4 Å². The van der Waals surface area contributed by atoms with E-state index in [9.17, 15) is 9.59 Å². The van der Waals surface area contributed by atoms with E-state index < -0.39 is 0 Å². The monoisotopic (exact) mass is 429 g/mol. The van der Waals surface area contributed by atoms with Crippen molar-refractivity contribution in [2.24, 2.45) is 0 Å². The summed E-state index contributed by atoms with van der Waals surface area (Å²) in [6.45, 7) is 4.67. The summed E-state index contributed by atoms with van der Waals surface area (Å²) in [7, 11) is 0. The van der Waals surface area contributed by atoms with Gasteiger partial charge in [-0.05, 0) is 50.3 Å². The van der Waals surface area contributed by atoms with E-state index in [1.54, 1.807) is 4.90 Å². The van der Waals surface area contributed by atoms with Crippen molar-refractivity contribution < 1.29 is 14.3 Å². The molecule has 1 unspecified atom stereocenters. The molecule has 2 amide bonds. The molecule has 160 valence electrons. The van der Waals surface area contributed by atoms with Gasteiger partial charge in [0.15, 0.2) is 0 Å². The highest BCUT2D eigenvalue weighted by Crippen LogP contribution is 2.33. The minimum Gasteiger partial charge on any atom is -0.494 e. The maximum absolute atomic E-state index is 12.8. The fraction of sp³-hybridized carbons (Fsp3) is 0.524. The third kappa shape index (κ3) is 4.56. The number of anilines is 2. The van der Waals surface area contributed by atoms with Gasteiger partial charge in [0.05, 0.1) is 6.61 Å². The molecule has 2 aromatic rings. The van der Waals surface area contributed by atoms with E-state index in [-0.39, 0.29) is 17.9 Å². The summed E-state index contributed by atoms with van der Waals surface area (Å²) in [6, 6.07) is 7.73. The van der Waals surface area contributed by atoms with Gasteiger partial charge in [-0.2, -0.15) is 0 Å². The van der Waals surface area contributed by atoms with Crippen LogP contribution in [0.3, 0.4) is 0 Å². The molecule has 0 bridgehead atoms. The van der Waals surface area contributed by atoms with Gasteiger partial charge in [0.25, 0.3) is 0 Å². The van der Waals surface area contributed by atoms with Crippen LogP contribution >= 0.6 is 11.3 Å². The van der Waals surface area contributed by atoms with E-state index >= 15 is 0 Å². The van der Waals surface area contributed by atoms with Crippen LogP contribution < -0.4 is 19.9 Å². The topological polar surface area (TPSA) is 87.7 Å². The lowest BCUT2D eigenvalue weighted by Gasteiger charge is -2.22. The molecule has 0 aliphatic carbocycles. The molecule has 1 aromatic heterocycles. The molecular formula is C21H27N5O3S. The highest BCUT2D eigenvalue weighted by atomic mass is 32.1. The molecule has 8 nitrogen and oxygen atoms in total. The zero-order valence-electron chi connectivity index (χ0n) is 17.2. The van der Waals surface area contributed by atoms with Gasteiger partial charge in [-0.3, -0.25) is 14.5 Å². The van der Waals surface area contributed by atoms with Crippen molar-refractivity contribution >= 4 is 33.4 Å². The van der Waals surface area contributed by atoms with Crippen LogP contribution in [-0.2, 0) is 16.0 Å². The lowest BCUT2D eigenvalue weighted by Crippen LogP contribution is -2.44. The van der Waals surface area contributed by atoms with E-state index in [1.807, 2.05) is 36.1 Å². The van der Waals surface area contributed by atoms with Crippen LogP contribution in [0.2, 0.25) is 0 Å². The van der Waals surface area contributed by atoms with Crippen molar-refractivity contribution in [1.82, 2.24) is 15.5 Å². The number of ether oxygens (including phenoxy) is 1. The number of nitrogens with zero attached hydrogens (tertiary/aromatic N) is 4. The second-order valence-electron chi connectivity index (χ2n) is 7.49. The SMILES string of the molecule is CCOc1ccc(CCNC(=O)C2CCCN2c2nnc(N3CCCC3=O)s2)cc1. The Morgan fingerprint density at radius 1 is 1.20 bits per heavy atom. The van der Waals surface area contributed by atoms with Crippen molar-refractivity contribution in [3.63, 3.8) is 0 Å². The van der Waals surface area contributed by atoms with Gasteiger partial charge in [-0.1, -0.05) is 23.5 Å². The number of aromatic nitrogens is 2. The van der Waals surface area contributed by atoms with Gasteiger partial charge >= 0.3 is 0 Å². The maximum Gasteiger partial charge on any atom is 0.242 e. The minimum atomic E-state index is -0.236. The third-order valence-corrected chi connectivity index (χ3v) is 6.44. The van der Waals surface area contributed by atoms with Crippen molar-refractivity contribution in [1.29, 1.82) is 0 Å². The maximum atomic E-state index is 12.8. The van der Waals surface area contributed by atoms with Crippen molar-refractivity contribution in [2.75, 3.05) is 36.0 Å². The molecule has 0 spiro atoms. The van der Waals surface area contributed by atoms with E-state index in [0.717, 1.165) is 43.5 Å². The van der Waals surface area contributed by atoms with Crippen LogP contribution in [0, 0.1) is 0 Å². The Balaban J connectivity index is 1.31. The molecule has 30 heavy (non-hydrogen) atoms. The molecule has 3 heterocycles. The van der Waals surface area contributed by atoms with Gasteiger partial charge in [-0.15, -0.1) is 10.2 Å². The quantitative estimate of drug-likeness (QED) is 0.693. The predicted molar refractivity (Wildman–Crippen MR) is 116 cm³/mol. The highest BCUT2D eigenvalue weighted by molar-refractivity contribution is 7.19. The number of rotatable bonds is 8. The molecule has 0 saturated carbocycles. The molecular weight excluding hydrogens is 402 g/mol. The molecule has 1 aromatic carbocycles. The van der Waals surface area contributed by atoms with Crippen molar-refractivity contribution in [2.45, 2.75) is 45.1 Å². The molecule has 9 heteroatoms. The average molecular weight is 430 g/mol. The number of carbonyl (C=O) groups excluding carboxylic acids is 2. The Labute approximate surface area is 180 Å². The summed E-state index contributed by atoms with van der Waals surface area (Å²) < 4.78 is 5.46. The van der Waals surface area contributed by atoms with E-state index in [4.69, 9.17) is 4.74 Å². The highest BCUT2D eigenvalue weighted by Gasteiger charge is 2.34. The van der Waals surface area contributed by atoms with Crippen LogP contribution in [0.25, 0.3) is 0 Å². The largest absolute Gasteiger partial charge is 0.494 e. The summed E-state index contributed by atoms with van der Waals surface area (Å²) in [6.07, 6.45) is 3.93. The first-order chi connectivity index (χ1) is 14.7. The fourth-order valence-electron chi connectivity index (χ4n) is 3.92. The summed E-state index contributed by atoms with van der Waals surface area (Å²) >= 11 is 1.40. The normalized spacial score (nSPS) is 18.8. The fourth-order valence-corrected chi connectivity index (χ4v) is 4.88. The summed E-state index contributed by atoms with van der Waals surface area (Å²) in [5.41, 5.74) is 1.16. The Morgan fingerprint density at radius 3 is 2.73 bits per heavy atom. The first-order valence-corrected chi connectivity index (χ1v) is 11.4. The Bertz CT molecular complexity index is 885. The molecule has 2 aliphatic heterocycles. The first kappa shape index (κ1) is 20.6. The van der Waals surface area contributed by atoms with E-state index in [1.165, 1.54) is 11.3 Å². The molecule has 2 saturated heterocycles. The average Bonchev–Trinajstić information content (AvgIpc) is 3.49. The summed E-state index contributed by atoms with van der Waals surface area (Å²) in [5, 5.41) is 12.9. The standard InChI is InChI=1S/C21H27N5O3S/c1-2-29-16-9-7-15(8-10-16)11-12-22-19(28)17-5-3-13-25(17)20-23-24-21(30-20)26-14-4-6-18(26)27/h7-10,17H,2-6,11-14H2,1H3,(H,22,28). The number of amides is 2.